The van der Waals surface area contributed by atoms with Crippen molar-refractivity contribution in [3.8, 4) is 0 Å². The van der Waals surface area contributed by atoms with E-state index in [0.717, 1.165) is 35.6 Å². The maximum Gasteiger partial charge on any atom is 0.123 e. The molecule has 0 aliphatic carbocycles. The molecule has 2 aromatic rings. The molecule has 1 saturated heterocycles. The Kier molecular flexibility index (Phi) is 6.15. The number of likely N-dealkylation sites (tertiary alicyclic amines) is 1. The molecule has 0 bridgehead atoms. The third-order valence-corrected chi connectivity index (χ3v) is 5.04. The molecule has 1 heterocycles. The molecule has 1 aliphatic rings. The highest BCUT2D eigenvalue weighted by atomic mass is 35.5. The van der Waals surface area contributed by atoms with Gasteiger partial charge in [-0.1, -0.05) is 23.7 Å². The summed E-state index contributed by atoms with van der Waals surface area (Å²) in [6, 6.07) is 10.6. The first-order chi connectivity index (χ1) is 12.5. The van der Waals surface area contributed by atoms with Gasteiger partial charge in [0.15, 0.2) is 0 Å². The summed E-state index contributed by atoms with van der Waals surface area (Å²) in [5.41, 5.74) is 3.84. The van der Waals surface area contributed by atoms with Gasteiger partial charge in [0, 0.05) is 32.4 Å². The Morgan fingerprint density at radius 2 is 1.96 bits per heavy atom. The largest absolute Gasteiger partial charge is 0.370 e. The van der Waals surface area contributed by atoms with E-state index in [1.165, 1.54) is 25.3 Å². The summed E-state index contributed by atoms with van der Waals surface area (Å²) in [5.74, 6) is -0.215. The normalized spacial score (nSPS) is 14.8. The van der Waals surface area contributed by atoms with E-state index in [-0.39, 0.29) is 5.82 Å². The summed E-state index contributed by atoms with van der Waals surface area (Å²) >= 11 is 6.47. The molecule has 0 aromatic heterocycles. The maximum atomic E-state index is 13.4. The molecule has 1 aliphatic heterocycles. The van der Waals surface area contributed by atoms with E-state index in [9.17, 15) is 4.39 Å². The van der Waals surface area contributed by atoms with E-state index in [1.54, 1.807) is 12.1 Å². The minimum atomic E-state index is -0.215. The van der Waals surface area contributed by atoms with Crippen LogP contribution in [-0.2, 0) is 6.54 Å². The molecule has 1 fully saturated rings. The Labute approximate surface area is 160 Å². The molecule has 0 spiro atoms. The fourth-order valence-electron chi connectivity index (χ4n) is 3.34. The van der Waals surface area contributed by atoms with Gasteiger partial charge in [0.1, 0.15) is 5.82 Å². The van der Waals surface area contributed by atoms with Gasteiger partial charge in [0.05, 0.1) is 17.0 Å². The van der Waals surface area contributed by atoms with Gasteiger partial charge in [0.2, 0.25) is 0 Å². The van der Waals surface area contributed by atoms with Crippen LogP contribution in [0.3, 0.4) is 0 Å². The van der Waals surface area contributed by atoms with Gasteiger partial charge in [-0.05, 0) is 61.6 Å². The van der Waals surface area contributed by atoms with Crippen molar-refractivity contribution in [2.75, 3.05) is 25.0 Å². The van der Waals surface area contributed by atoms with Gasteiger partial charge in [-0.3, -0.25) is 0 Å². The van der Waals surface area contributed by atoms with Crippen LogP contribution >= 0.6 is 11.6 Å². The van der Waals surface area contributed by atoms with Crippen molar-refractivity contribution in [3.63, 3.8) is 0 Å². The van der Waals surface area contributed by atoms with Gasteiger partial charge >= 0.3 is 0 Å². The highest BCUT2D eigenvalue weighted by Crippen LogP contribution is 2.33. The van der Waals surface area contributed by atoms with Crippen LogP contribution in [0.2, 0.25) is 5.02 Å². The first-order valence-corrected chi connectivity index (χ1v) is 9.45. The van der Waals surface area contributed by atoms with Crippen molar-refractivity contribution >= 4 is 29.3 Å². The lowest BCUT2D eigenvalue weighted by molar-refractivity contribution is 0.351. The Balaban J connectivity index is 1.74. The molecule has 3 nitrogen and oxygen atoms in total. The molecule has 26 heavy (non-hydrogen) atoms. The molecule has 0 amide bonds. The highest BCUT2D eigenvalue weighted by molar-refractivity contribution is 6.33. The number of hydrogen-bond acceptors (Lipinski definition) is 2. The summed E-state index contributed by atoms with van der Waals surface area (Å²) in [4.78, 5) is 8.91. The second-order valence-electron chi connectivity index (χ2n) is 6.92. The SMILES string of the molecule is Cc1cc(N=CN2CCCCC2)c(Cl)cc1N(C)Cc1cccc(F)c1. The van der Waals surface area contributed by atoms with Crippen molar-refractivity contribution in [1.82, 2.24) is 4.90 Å². The number of anilines is 1. The average Bonchev–Trinajstić information content (AvgIpc) is 2.63. The van der Waals surface area contributed by atoms with Crippen LogP contribution in [0, 0.1) is 12.7 Å². The summed E-state index contributed by atoms with van der Waals surface area (Å²) < 4.78 is 13.4. The Bertz CT molecular complexity index is 785. The molecule has 0 N–H and O–H groups in total. The number of rotatable bonds is 5. The van der Waals surface area contributed by atoms with E-state index in [4.69, 9.17) is 11.6 Å². The van der Waals surface area contributed by atoms with Crippen molar-refractivity contribution in [1.29, 1.82) is 0 Å². The maximum absolute atomic E-state index is 13.4. The summed E-state index contributed by atoms with van der Waals surface area (Å²) in [6.07, 6.45) is 5.66. The number of aliphatic imine (C=N–C) groups is 1. The van der Waals surface area contributed by atoms with Crippen LogP contribution in [0.15, 0.2) is 41.4 Å². The third kappa shape index (κ3) is 4.76. The van der Waals surface area contributed by atoms with Gasteiger partial charge in [-0.15, -0.1) is 0 Å². The Morgan fingerprint density at radius 1 is 1.19 bits per heavy atom. The van der Waals surface area contributed by atoms with Crippen LogP contribution < -0.4 is 4.90 Å². The second kappa shape index (κ2) is 8.54. The smallest absolute Gasteiger partial charge is 0.123 e. The first kappa shape index (κ1) is 18.7. The molecule has 0 saturated carbocycles. The fourth-order valence-corrected chi connectivity index (χ4v) is 3.54. The lowest BCUT2D eigenvalue weighted by atomic mass is 10.1. The molecule has 2 aromatic carbocycles. The quantitative estimate of drug-likeness (QED) is 0.504. The molecule has 138 valence electrons. The van der Waals surface area contributed by atoms with Gasteiger partial charge < -0.3 is 9.80 Å². The molecular weight excluding hydrogens is 349 g/mol. The van der Waals surface area contributed by atoms with Gasteiger partial charge in [-0.25, -0.2) is 9.38 Å². The number of benzene rings is 2. The first-order valence-electron chi connectivity index (χ1n) is 9.07. The predicted molar refractivity (Wildman–Crippen MR) is 108 cm³/mol. The third-order valence-electron chi connectivity index (χ3n) is 4.74. The summed E-state index contributed by atoms with van der Waals surface area (Å²) in [6.45, 7) is 4.79. The fraction of sp³-hybridized carbons (Fsp3) is 0.381. The molecular formula is C21H25ClFN3. The Hall–Kier alpha value is -2.07. The number of hydrogen-bond donors (Lipinski definition) is 0. The zero-order valence-electron chi connectivity index (χ0n) is 15.4. The molecule has 0 radical (unpaired) electrons. The monoisotopic (exact) mass is 373 g/mol. The van der Waals surface area contributed by atoms with E-state index in [1.807, 2.05) is 38.5 Å². The minimum absolute atomic E-state index is 0.215. The van der Waals surface area contributed by atoms with Crippen molar-refractivity contribution in [2.45, 2.75) is 32.7 Å². The van der Waals surface area contributed by atoms with E-state index in [0.29, 0.717) is 11.6 Å². The lowest BCUT2D eigenvalue weighted by Gasteiger charge is -2.24. The number of halogens is 2. The molecule has 0 atom stereocenters. The topological polar surface area (TPSA) is 18.8 Å². The Morgan fingerprint density at radius 3 is 2.69 bits per heavy atom. The van der Waals surface area contributed by atoms with E-state index in [2.05, 4.69) is 14.8 Å². The van der Waals surface area contributed by atoms with Crippen molar-refractivity contribution < 1.29 is 4.39 Å². The van der Waals surface area contributed by atoms with Crippen LogP contribution in [0.25, 0.3) is 0 Å². The second-order valence-corrected chi connectivity index (χ2v) is 7.32. The van der Waals surface area contributed by atoms with E-state index < -0.39 is 0 Å². The van der Waals surface area contributed by atoms with Crippen LogP contribution in [0.4, 0.5) is 15.8 Å². The average molecular weight is 374 g/mol. The predicted octanol–water partition coefficient (Wildman–Crippen LogP) is 5.57. The molecule has 0 unspecified atom stereocenters. The molecule has 5 heteroatoms. The summed E-state index contributed by atoms with van der Waals surface area (Å²) in [5, 5.41) is 0.630. The number of piperidine rings is 1. The lowest BCUT2D eigenvalue weighted by Crippen LogP contribution is -2.28. The van der Waals surface area contributed by atoms with Crippen molar-refractivity contribution in [2.24, 2.45) is 4.99 Å². The van der Waals surface area contributed by atoms with Crippen molar-refractivity contribution in [3.05, 3.63) is 58.4 Å². The van der Waals surface area contributed by atoms with Crippen LogP contribution in [0.5, 0.6) is 0 Å². The number of nitrogens with zero attached hydrogens (tertiary/aromatic N) is 3. The van der Waals surface area contributed by atoms with Gasteiger partial charge in [-0.2, -0.15) is 0 Å². The molecule has 3 rings (SSSR count). The highest BCUT2D eigenvalue weighted by Gasteiger charge is 2.11. The van der Waals surface area contributed by atoms with Gasteiger partial charge in [0.25, 0.3) is 0 Å². The summed E-state index contributed by atoms with van der Waals surface area (Å²) in [7, 11) is 1.99. The standard InChI is InChI=1S/C21H25ClFN3/c1-16-11-20(24-15-26-9-4-3-5-10-26)19(22)13-21(16)25(2)14-17-7-6-8-18(23)12-17/h6-8,11-13,15H,3-5,9-10,14H2,1-2H3. The van der Waals surface area contributed by atoms with Crippen LogP contribution in [0.1, 0.15) is 30.4 Å². The zero-order valence-corrected chi connectivity index (χ0v) is 16.1. The number of aryl methyl sites for hydroxylation is 1. The zero-order chi connectivity index (χ0) is 18.5. The van der Waals surface area contributed by atoms with Crippen LogP contribution in [-0.4, -0.2) is 31.4 Å². The minimum Gasteiger partial charge on any atom is -0.370 e. The van der Waals surface area contributed by atoms with E-state index >= 15 is 0 Å².